The second kappa shape index (κ2) is 9.50. The number of carbonyl (C=O) groups is 4. The highest BCUT2D eigenvalue weighted by atomic mass is 16.6. The summed E-state index contributed by atoms with van der Waals surface area (Å²) in [7, 11) is 0. The van der Waals surface area contributed by atoms with Crippen molar-refractivity contribution in [3.05, 3.63) is 0 Å². The number of alkyl carbamates (subject to hydrolysis) is 1. The van der Waals surface area contributed by atoms with E-state index in [1.807, 2.05) is 0 Å². The Bertz CT molecular complexity index is 578. The molecular weight excluding hydrogens is 344 g/mol. The number of terminal acetylenes is 1. The lowest BCUT2D eigenvalue weighted by Gasteiger charge is -2.29. The molecule has 0 rings (SSSR count). The predicted molar refractivity (Wildman–Crippen MR) is 92.0 cm³/mol. The zero-order valence-electron chi connectivity index (χ0n) is 15.9. The predicted octanol–water partition coefficient (Wildman–Crippen LogP) is 0.834. The molecule has 0 unspecified atom stereocenters. The van der Waals surface area contributed by atoms with Crippen molar-refractivity contribution in [1.82, 2.24) is 21.3 Å². The summed E-state index contributed by atoms with van der Waals surface area (Å²) >= 11 is 0. The third-order valence-corrected chi connectivity index (χ3v) is 2.78. The number of ether oxygens (including phenoxy) is 2. The molecular formula is C16H26N4O6. The van der Waals surface area contributed by atoms with Gasteiger partial charge >= 0.3 is 12.2 Å². The van der Waals surface area contributed by atoms with Crippen molar-refractivity contribution in [2.75, 3.05) is 6.54 Å². The van der Waals surface area contributed by atoms with Crippen LogP contribution in [0.1, 0.15) is 48.0 Å². The van der Waals surface area contributed by atoms with Crippen molar-refractivity contribution >= 4 is 24.0 Å². The topological polar surface area (TPSA) is 126 Å². The van der Waals surface area contributed by atoms with E-state index in [4.69, 9.17) is 15.9 Å². The lowest BCUT2D eigenvalue weighted by Crippen LogP contribution is -2.56. The van der Waals surface area contributed by atoms with Gasteiger partial charge in [0.1, 0.15) is 5.60 Å². The van der Waals surface area contributed by atoms with Crippen molar-refractivity contribution in [2.24, 2.45) is 0 Å². The van der Waals surface area contributed by atoms with E-state index in [0.29, 0.717) is 5.12 Å². The molecule has 3 N–H and O–H groups in total. The number of amides is 4. The molecule has 10 heteroatoms. The zero-order valence-corrected chi connectivity index (χ0v) is 15.9. The second-order valence-corrected chi connectivity index (χ2v) is 6.52. The molecule has 0 aromatic carbocycles. The fourth-order valence-electron chi connectivity index (χ4n) is 1.53. The minimum atomic E-state index is -1.04. The number of hydrogen-bond donors (Lipinski definition) is 3. The molecule has 0 heterocycles. The first-order valence-electron chi connectivity index (χ1n) is 7.80. The molecule has 0 saturated carbocycles. The van der Waals surface area contributed by atoms with Crippen LogP contribution in [0.15, 0.2) is 0 Å². The van der Waals surface area contributed by atoms with Gasteiger partial charge < -0.3 is 14.8 Å². The number of rotatable bonds is 5. The summed E-state index contributed by atoms with van der Waals surface area (Å²) in [4.78, 5) is 45.9. The minimum absolute atomic E-state index is 0.139. The number of nitrogens with zero attached hydrogens (tertiary/aromatic N) is 1. The molecule has 0 atom stereocenters. The summed E-state index contributed by atoms with van der Waals surface area (Å²) in [5.74, 6) is 1.17. The normalized spacial score (nSPS) is 10.8. The Morgan fingerprint density at radius 2 is 1.50 bits per heavy atom. The number of hydrazine groups is 2. The van der Waals surface area contributed by atoms with Crippen LogP contribution >= 0.6 is 0 Å². The fourth-order valence-corrected chi connectivity index (χ4v) is 1.53. The van der Waals surface area contributed by atoms with Crippen LogP contribution in [0.3, 0.4) is 0 Å². The highest BCUT2D eigenvalue weighted by molar-refractivity contribution is 5.80. The van der Waals surface area contributed by atoms with Crippen LogP contribution in [0.5, 0.6) is 0 Å². The number of carbonyl (C=O) groups excluding carboxylic acids is 4. The van der Waals surface area contributed by atoms with Gasteiger partial charge in [-0.15, -0.1) is 11.5 Å². The largest absolute Gasteiger partial charge is 0.449 e. The molecule has 26 heavy (non-hydrogen) atoms. The van der Waals surface area contributed by atoms with Gasteiger partial charge in [-0.25, -0.2) is 20.4 Å². The molecule has 10 nitrogen and oxygen atoms in total. The molecule has 146 valence electrons. The van der Waals surface area contributed by atoms with E-state index in [-0.39, 0.29) is 13.0 Å². The lowest BCUT2D eigenvalue weighted by atomic mass is 10.1. The van der Waals surface area contributed by atoms with Gasteiger partial charge in [0.15, 0.2) is 5.60 Å². The summed E-state index contributed by atoms with van der Waals surface area (Å²) in [5, 5.41) is 3.04. The van der Waals surface area contributed by atoms with E-state index in [9.17, 15) is 19.2 Å². The van der Waals surface area contributed by atoms with E-state index >= 15 is 0 Å². The summed E-state index contributed by atoms with van der Waals surface area (Å²) in [6.45, 7) is 8.81. The Morgan fingerprint density at radius 3 is 1.92 bits per heavy atom. The maximum absolute atomic E-state index is 12.1. The summed E-state index contributed by atoms with van der Waals surface area (Å²) in [5.41, 5.74) is 2.19. The van der Waals surface area contributed by atoms with Crippen LogP contribution in [0, 0.1) is 12.3 Å². The molecule has 0 aliphatic heterocycles. The van der Waals surface area contributed by atoms with Crippen LogP contribution in [0.25, 0.3) is 0 Å². The fraction of sp³-hybridized carbons (Fsp3) is 0.625. The van der Waals surface area contributed by atoms with Crippen LogP contribution in [0.4, 0.5) is 9.59 Å². The van der Waals surface area contributed by atoms with Gasteiger partial charge in [0.05, 0.1) is 0 Å². The van der Waals surface area contributed by atoms with Crippen molar-refractivity contribution < 1.29 is 28.7 Å². The van der Waals surface area contributed by atoms with Crippen LogP contribution in [0.2, 0.25) is 0 Å². The van der Waals surface area contributed by atoms with E-state index < -0.39 is 35.2 Å². The van der Waals surface area contributed by atoms with E-state index in [0.717, 1.165) is 0 Å². The maximum Gasteiger partial charge on any atom is 0.449 e. The second-order valence-electron chi connectivity index (χ2n) is 6.52. The Kier molecular flexibility index (Phi) is 8.42. The average Bonchev–Trinajstić information content (AvgIpc) is 2.44. The molecule has 0 spiro atoms. The van der Waals surface area contributed by atoms with Crippen molar-refractivity contribution in [2.45, 2.75) is 59.2 Å². The molecule has 0 fully saturated rings. The Balaban J connectivity index is 4.60. The van der Waals surface area contributed by atoms with Crippen LogP contribution in [-0.2, 0) is 19.1 Å². The van der Waals surface area contributed by atoms with E-state index in [1.54, 1.807) is 27.7 Å². The SMILES string of the molecule is C#CC(C)(C)OC(=O)NCCC(C)(C)OC(=O)N(NC(C)=O)NC(C)=O. The first-order valence-corrected chi connectivity index (χ1v) is 7.80. The molecule has 0 aliphatic rings. The quantitative estimate of drug-likeness (QED) is 0.486. The highest BCUT2D eigenvalue weighted by Gasteiger charge is 2.28. The minimum Gasteiger partial charge on any atom is -0.441 e. The monoisotopic (exact) mass is 370 g/mol. The average molecular weight is 370 g/mol. The van der Waals surface area contributed by atoms with Gasteiger partial charge in [-0.2, -0.15) is 0 Å². The van der Waals surface area contributed by atoms with Crippen LogP contribution in [-0.4, -0.2) is 46.9 Å². The van der Waals surface area contributed by atoms with Gasteiger partial charge in [-0.05, 0) is 27.7 Å². The van der Waals surface area contributed by atoms with E-state index in [2.05, 4.69) is 22.1 Å². The molecule has 0 radical (unpaired) electrons. The first kappa shape index (κ1) is 23.0. The smallest absolute Gasteiger partial charge is 0.441 e. The zero-order chi connectivity index (χ0) is 20.5. The van der Waals surface area contributed by atoms with Gasteiger partial charge in [-0.1, -0.05) is 5.92 Å². The Hall–Kier alpha value is -2.96. The van der Waals surface area contributed by atoms with E-state index in [1.165, 1.54) is 13.8 Å². The Morgan fingerprint density at radius 1 is 1.00 bits per heavy atom. The molecule has 0 aromatic heterocycles. The Labute approximate surface area is 152 Å². The van der Waals surface area contributed by atoms with Crippen molar-refractivity contribution in [3.63, 3.8) is 0 Å². The first-order chi connectivity index (χ1) is 11.8. The maximum atomic E-state index is 12.1. The summed E-state index contributed by atoms with van der Waals surface area (Å²) in [6.07, 6.45) is 3.77. The van der Waals surface area contributed by atoms with Crippen LogP contribution < -0.4 is 16.2 Å². The standard InChI is InChI=1S/C16H26N4O6/c1-8-15(4,5)25-13(23)17-10-9-16(6,7)26-14(24)20(18-11(2)21)19-12(3)22/h1H,9-10H2,2-7H3,(H,17,23)(H,18,21)(H,19,22). The van der Waals surface area contributed by atoms with Gasteiger partial charge in [0.2, 0.25) is 11.8 Å². The summed E-state index contributed by atoms with van der Waals surface area (Å²) in [6, 6.07) is 0. The molecule has 0 saturated heterocycles. The van der Waals surface area contributed by atoms with Gasteiger partial charge in [0.25, 0.3) is 0 Å². The number of hydrogen-bond acceptors (Lipinski definition) is 6. The molecule has 0 bridgehead atoms. The molecule has 0 aromatic rings. The van der Waals surface area contributed by atoms with Gasteiger partial charge in [-0.3, -0.25) is 9.59 Å². The molecule has 4 amide bonds. The highest BCUT2D eigenvalue weighted by Crippen LogP contribution is 2.15. The van der Waals surface area contributed by atoms with Crippen molar-refractivity contribution in [3.8, 4) is 12.3 Å². The van der Waals surface area contributed by atoms with Crippen molar-refractivity contribution in [1.29, 1.82) is 0 Å². The third-order valence-electron chi connectivity index (χ3n) is 2.78. The number of nitrogens with one attached hydrogen (secondary N) is 3. The summed E-state index contributed by atoms with van der Waals surface area (Å²) < 4.78 is 10.3. The lowest BCUT2D eigenvalue weighted by molar-refractivity contribution is -0.131. The molecule has 0 aliphatic carbocycles. The van der Waals surface area contributed by atoms with Gasteiger partial charge in [0, 0.05) is 26.8 Å². The third kappa shape index (κ3) is 10.0.